The summed E-state index contributed by atoms with van der Waals surface area (Å²) in [5.41, 5.74) is 1.03. The van der Waals surface area contributed by atoms with Crippen LogP contribution in [0.15, 0.2) is 16.6 Å². The maximum Gasteiger partial charge on any atom is 0.172 e. The zero-order valence-electron chi connectivity index (χ0n) is 10.7. The molecule has 4 nitrogen and oxygen atoms in total. The minimum atomic E-state index is 0.120. The van der Waals surface area contributed by atoms with Crippen molar-refractivity contribution in [3.05, 3.63) is 22.2 Å². The van der Waals surface area contributed by atoms with E-state index in [1.54, 1.807) is 0 Å². The molecule has 0 fully saturated rings. The van der Waals surface area contributed by atoms with Crippen molar-refractivity contribution in [3.8, 4) is 11.5 Å². The molecule has 0 amide bonds. The Morgan fingerprint density at radius 1 is 1.44 bits per heavy atom. The molecule has 0 saturated heterocycles. The highest BCUT2D eigenvalue weighted by atomic mass is 79.9. The largest absolute Gasteiger partial charge is 0.503 e. The van der Waals surface area contributed by atoms with E-state index in [0.29, 0.717) is 22.7 Å². The molecular formula is C13H20BrNO3. The molecule has 18 heavy (non-hydrogen) atoms. The van der Waals surface area contributed by atoms with E-state index in [1.807, 2.05) is 12.1 Å². The number of phenols is 1. The Morgan fingerprint density at radius 2 is 2.17 bits per heavy atom. The molecule has 0 saturated carbocycles. The zero-order chi connectivity index (χ0) is 13.5. The molecule has 1 atom stereocenters. The van der Waals surface area contributed by atoms with Gasteiger partial charge in [0.1, 0.15) is 0 Å². The van der Waals surface area contributed by atoms with E-state index in [9.17, 15) is 5.11 Å². The van der Waals surface area contributed by atoms with Gasteiger partial charge < -0.3 is 20.3 Å². The molecule has 1 unspecified atom stereocenters. The van der Waals surface area contributed by atoms with Gasteiger partial charge in [0.25, 0.3) is 0 Å². The lowest BCUT2D eigenvalue weighted by Gasteiger charge is -2.12. The van der Waals surface area contributed by atoms with Crippen molar-refractivity contribution in [2.45, 2.75) is 19.9 Å². The Kier molecular flexibility index (Phi) is 6.46. The van der Waals surface area contributed by atoms with Gasteiger partial charge in [-0.1, -0.05) is 6.92 Å². The van der Waals surface area contributed by atoms with Crippen LogP contribution in [-0.2, 0) is 6.54 Å². The summed E-state index contributed by atoms with van der Waals surface area (Å²) >= 11 is 3.29. The summed E-state index contributed by atoms with van der Waals surface area (Å²) in [7, 11) is 1.53. The third-order valence-corrected chi connectivity index (χ3v) is 3.36. The summed E-state index contributed by atoms with van der Waals surface area (Å²) in [6.07, 6.45) is 0.801. The molecule has 0 heterocycles. The molecule has 1 aromatic rings. The molecule has 1 rings (SSSR count). The van der Waals surface area contributed by atoms with E-state index in [1.165, 1.54) is 7.11 Å². The fraction of sp³-hybridized carbons (Fsp3) is 0.538. The fourth-order valence-electron chi connectivity index (χ4n) is 1.67. The van der Waals surface area contributed by atoms with Crippen molar-refractivity contribution in [1.29, 1.82) is 0 Å². The van der Waals surface area contributed by atoms with Crippen LogP contribution in [0.4, 0.5) is 0 Å². The summed E-state index contributed by atoms with van der Waals surface area (Å²) in [5, 5.41) is 21.8. The topological polar surface area (TPSA) is 61.7 Å². The van der Waals surface area contributed by atoms with E-state index < -0.39 is 0 Å². The van der Waals surface area contributed by atoms with E-state index in [0.717, 1.165) is 18.5 Å². The molecule has 3 N–H and O–H groups in total. The maximum atomic E-state index is 9.69. The molecule has 0 aromatic heterocycles. The van der Waals surface area contributed by atoms with Crippen molar-refractivity contribution in [1.82, 2.24) is 5.32 Å². The van der Waals surface area contributed by atoms with Gasteiger partial charge in [0, 0.05) is 13.2 Å². The molecule has 0 aliphatic carbocycles. The average molecular weight is 318 g/mol. The molecule has 102 valence electrons. The average Bonchev–Trinajstić information content (AvgIpc) is 2.33. The zero-order valence-corrected chi connectivity index (χ0v) is 12.3. The third-order valence-electron chi connectivity index (χ3n) is 2.75. The highest BCUT2D eigenvalue weighted by molar-refractivity contribution is 9.10. The van der Waals surface area contributed by atoms with Gasteiger partial charge in [-0.2, -0.15) is 0 Å². The first kappa shape index (κ1) is 15.3. The Bertz CT molecular complexity index is 385. The van der Waals surface area contributed by atoms with Crippen LogP contribution in [-0.4, -0.2) is 30.5 Å². The number of hydrogen-bond acceptors (Lipinski definition) is 4. The van der Waals surface area contributed by atoms with E-state index >= 15 is 0 Å². The third kappa shape index (κ3) is 4.48. The SMILES string of the molecule is COc1cc(CNCC(C)CCO)cc(Br)c1O. The second-order valence-corrected chi connectivity index (χ2v) is 5.23. The maximum absolute atomic E-state index is 9.69. The molecule has 0 aliphatic rings. The highest BCUT2D eigenvalue weighted by Gasteiger charge is 2.08. The lowest BCUT2D eigenvalue weighted by molar-refractivity contribution is 0.260. The van der Waals surface area contributed by atoms with Crippen LogP contribution < -0.4 is 10.1 Å². The molecule has 0 radical (unpaired) electrons. The number of nitrogens with one attached hydrogen (secondary N) is 1. The smallest absolute Gasteiger partial charge is 0.172 e. The van der Waals surface area contributed by atoms with E-state index in [4.69, 9.17) is 9.84 Å². The first-order chi connectivity index (χ1) is 8.58. The Balaban J connectivity index is 2.55. The number of aliphatic hydroxyl groups excluding tert-OH is 1. The minimum absolute atomic E-state index is 0.120. The number of benzene rings is 1. The first-order valence-electron chi connectivity index (χ1n) is 5.95. The van der Waals surface area contributed by atoms with Crippen LogP contribution in [0, 0.1) is 5.92 Å². The second kappa shape index (κ2) is 7.61. The normalized spacial score (nSPS) is 12.4. The summed E-state index contributed by atoms with van der Waals surface area (Å²) in [5.74, 6) is 1.02. The molecule has 0 spiro atoms. The van der Waals surface area contributed by atoms with Crippen LogP contribution in [0.1, 0.15) is 18.9 Å². The lowest BCUT2D eigenvalue weighted by atomic mass is 10.1. The van der Waals surface area contributed by atoms with Crippen LogP contribution in [0.2, 0.25) is 0 Å². The Morgan fingerprint density at radius 3 is 2.78 bits per heavy atom. The number of rotatable bonds is 7. The van der Waals surface area contributed by atoms with Gasteiger partial charge in [-0.05, 0) is 52.5 Å². The molecular weight excluding hydrogens is 298 g/mol. The van der Waals surface area contributed by atoms with Crippen LogP contribution in [0.5, 0.6) is 11.5 Å². The van der Waals surface area contributed by atoms with Gasteiger partial charge in [-0.15, -0.1) is 0 Å². The van der Waals surface area contributed by atoms with Gasteiger partial charge in [0.15, 0.2) is 11.5 Å². The molecule has 0 aliphatic heterocycles. The van der Waals surface area contributed by atoms with Crippen LogP contribution in [0.25, 0.3) is 0 Å². The number of aliphatic hydroxyl groups is 1. The van der Waals surface area contributed by atoms with Crippen molar-refractivity contribution >= 4 is 15.9 Å². The van der Waals surface area contributed by atoms with Crippen molar-refractivity contribution < 1.29 is 14.9 Å². The highest BCUT2D eigenvalue weighted by Crippen LogP contribution is 2.35. The number of aromatic hydroxyl groups is 1. The number of hydrogen-bond donors (Lipinski definition) is 3. The quantitative estimate of drug-likeness (QED) is 0.722. The number of phenolic OH excluding ortho intramolecular Hbond substituents is 1. The first-order valence-corrected chi connectivity index (χ1v) is 6.74. The van der Waals surface area contributed by atoms with Crippen molar-refractivity contribution in [3.63, 3.8) is 0 Å². The standard InChI is InChI=1S/C13H20BrNO3/c1-9(3-4-16)7-15-8-10-5-11(14)13(17)12(6-10)18-2/h5-6,9,15-17H,3-4,7-8H2,1-2H3. The second-order valence-electron chi connectivity index (χ2n) is 4.38. The Hall–Kier alpha value is -0.780. The van der Waals surface area contributed by atoms with E-state index in [2.05, 4.69) is 28.2 Å². The monoisotopic (exact) mass is 317 g/mol. The van der Waals surface area contributed by atoms with Gasteiger partial charge in [0.05, 0.1) is 11.6 Å². The predicted octanol–water partition coefficient (Wildman–Crippen LogP) is 2.27. The number of halogens is 1. The van der Waals surface area contributed by atoms with Gasteiger partial charge in [0.2, 0.25) is 0 Å². The molecule has 1 aromatic carbocycles. The van der Waals surface area contributed by atoms with Gasteiger partial charge >= 0.3 is 0 Å². The molecule has 5 heteroatoms. The molecule has 0 bridgehead atoms. The Labute approximate surface area is 116 Å². The summed E-state index contributed by atoms with van der Waals surface area (Å²) in [6, 6.07) is 3.67. The summed E-state index contributed by atoms with van der Waals surface area (Å²) < 4.78 is 5.72. The fourth-order valence-corrected chi connectivity index (χ4v) is 2.16. The van der Waals surface area contributed by atoms with E-state index in [-0.39, 0.29) is 12.4 Å². The van der Waals surface area contributed by atoms with Crippen molar-refractivity contribution in [2.75, 3.05) is 20.3 Å². The number of methoxy groups -OCH3 is 1. The number of ether oxygens (including phenoxy) is 1. The summed E-state index contributed by atoms with van der Waals surface area (Å²) in [4.78, 5) is 0. The lowest BCUT2D eigenvalue weighted by Crippen LogP contribution is -2.21. The van der Waals surface area contributed by atoms with Crippen molar-refractivity contribution in [2.24, 2.45) is 5.92 Å². The predicted molar refractivity (Wildman–Crippen MR) is 74.9 cm³/mol. The minimum Gasteiger partial charge on any atom is -0.503 e. The van der Waals surface area contributed by atoms with Crippen LogP contribution in [0.3, 0.4) is 0 Å². The van der Waals surface area contributed by atoms with Gasteiger partial charge in [-0.3, -0.25) is 0 Å². The van der Waals surface area contributed by atoms with Crippen LogP contribution >= 0.6 is 15.9 Å². The summed E-state index contributed by atoms with van der Waals surface area (Å²) in [6.45, 7) is 3.87. The van der Waals surface area contributed by atoms with Gasteiger partial charge in [-0.25, -0.2) is 0 Å².